The predicted molar refractivity (Wildman–Crippen MR) is 109 cm³/mol. The van der Waals surface area contributed by atoms with E-state index in [9.17, 15) is 9.90 Å². The second-order valence-electron chi connectivity index (χ2n) is 5.87. The summed E-state index contributed by atoms with van der Waals surface area (Å²) >= 11 is 1.49. The molecule has 0 fully saturated rings. The maximum atomic E-state index is 11.5. The van der Waals surface area contributed by atoms with Crippen LogP contribution in [0.15, 0.2) is 66.2 Å². The molecule has 0 unspecified atom stereocenters. The highest BCUT2D eigenvalue weighted by atomic mass is 32.1. The van der Waals surface area contributed by atoms with Gasteiger partial charge in [-0.15, -0.1) is 11.3 Å². The summed E-state index contributed by atoms with van der Waals surface area (Å²) in [4.78, 5) is 17.3. The van der Waals surface area contributed by atoms with E-state index in [1.165, 1.54) is 24.5 Å². The van der Waals surface area contributed by atoms with Gasteiger partial charge in [-0.1, -0.05) is 0 Å². The van der Waals surface area contributed by atoms with Crippen molar-refractivity contribution in [1.82, 2.24) is 4.98 Å². The van der Waals surface area contributed by atoms with Gasteiger partial charge in [0.15, 0.2) is 11.5 Å². The van der Waals surface area contributed by atoms with E-state index in [1.54, 1.807) is 35.4 Å². The maximum Gasteiger partial charge on any atom is 0.219 e. The molecule has 28 heavy (non-hydrogen) atoms. The molecule has 0 spiro atoms. The van der Waals surface area contributed by atoms with Gasteiger partial charge in [-0.3, -0.25) is 14.7 Å². The topological polar surface area (TPSA) is 71.9 Å². The van der Waals surface area contributed by atoms with E-state index in [4.69, 9.17) is 9.47 Å². The molecule has 0 aliphatic heterocycles. The number of fused-ring (bicyclic) bond motifs is 1. The molecule has 1 amide bonds. The smallest absolute Gasteiger partial charge is 0.219 e. The minimum atomic E-state index is 0.0199. The zero-order valence-electron chi connectivity index (χ0n) is 14.9. The Morgan fingerprint density at radius 2 is 1.93 bits per heavy atom. The highest BCUT2D eigenvalue weighted by molar-refractivity contribution is 7.14. The van der Waals surface area contributed by atoms with Crippen molar-refractivity contribution in [1.29, 1.82) is 0 Å². The van der Waals surface area contributed by atoms with Crippen LogP contribution in [0, 0.1) is 0 Å². The van der Waals surface area contributed by atoms with E-state index < -0.39 is 0 Å². The molecule has 0 atom stereocenters. The lowest BCUT2D eigenvalue weighted by Crippen LogP contribution is -2.12. The maximum absolute atomic E-state index is 11.5. The molecule has 4 rings (SSSR count). The molecule has 6 nitrogen and oxygen atoms in total. The number of hydrogen-bond donors (Lipinski definition) is 1. The first kappa shape index (κ1) is 17.8. The number of phenolic OH excluding ortho intramolecular Hbond substituents is 1. The summed E-state index contributed by atoms with van der Waals surface area (Å²) in [7, 11) is 1.49. The standard InChI is InChI=1S/C21H16N2O4S/c1-26-20-11-16-17(12-18(20)25)22-9-8-19(16)27-15-6-4-14(5-7-15)23(13-24)21-3-2-10-28-21/h2-13,25H,1H3. The number of thiophene rings is 1. The van der Waals surface area contributed by atoms with Crippen LogP contribution in [-0.2, 0) is 4.79 Å². The Morgan fingerprint density at radius 1 is 1.11 bits per heavy atom. The van der Waals surface area contributed by atoms with Crippen molar-refractivity contribution in [3.63, 3.8) is 0 Å². The molecule has 140 valence electrons. The zero-order valence-corrected chi connectivity index (χ0v) is 15.7. The summed E-state index contributed by atoms with van der Waals surface area (Å²) in [5, 5.41) is 13.4. The third-order valence-corrected chi connectivity index (χ3v) is 5.06. The van der Waals surface area contributed by atoms with E-state index in [0.29, 0.717) is 28.2 Å². The van der Waals surface area contributed by atoms with Crippen LogP contribution >= 0.6 is 11.3 Å². The van der Waals surface area contributed by atoms with Gasteiger partial charge in [0.05, 0.1) is 12.6 Å². The number of anilines is 2. The van der Waals surface area contributed by atoms with E-state index in [-0.39, 0.29) is 5.75 Å². The number of amides is 1. The van der Waals surface area contributed by atoms with Gasteiger partial charge in [0.1, 0.15) is 16.5 Å². The van der Waals surface area contributed by atoms with Crippen LogP contribution in [0.3, 0.4) is 0 Å². The molecule has 0 bridgehead atoms. The van der Waals surface area contributed by atoms with Gasteiger partial charge < -0.3 is 14.6 Å². The van der Waals surface area contributed by atoms with Crippen LogP contribution in [0.5, 0.6) is 23.0 Å². The summed E-state index contributed by atoms with van der Waals surface area (Å²) in [5.41, 5.74) is 1.34. The van der Waals surface area contributed by atoms with E-state index in [1.807, 2.05) is 29.6 Å². The van der Waals surface area contributed by atoms with Crippen LogP contribution in [0.2, 0.25) is 0 Å². The summed E-state index contributed by atoms with van der Waals surface area (Å²) in [6.45, 7) is 0. The van der Waals surface area contributed by atoms with Crippen LogP contribution in [0.25, 0.3) is 10.9 Å². The van der Waals surface area contributed by atoms with Crippen molar-refractivity contribution >= 4 is 39.3 Å². The number of methoxy groups -OCH3 is 1. The molecule has 2 heterocycles. The second-order valence-corrected chi connectivity index (χ2v) is 6.80. The molecule has 4 aromatic rings. The lowest BCUT2D eigenvalue weighted by Gasteiger charge is -2.16. The first-order valence-electron chi connectivity index (χ1n) is 8.41. The quantitative estimate of drug-likeness (QED) is 0.462. The van der Waals surface area contributed by atoms with E-state index in [0.717, 1.165) is 17.1 Å². The van der Waals surface area contributed by atoms with Crippen molar-refractivity contribution in [3.05, 3.63) is 66.2 Å². The van der Waals surface area contributed by atoms with Crippen LogP contribution in [0.1, 0.15) is 0 Å². The largest absolute Gasteiger partial charge is 0.504 e. The Kier molecular flexibility index (Phi) is 4.82. The van der Waals surface area contributed by atoms with Crippen LogP contribution in [0.4, 0.5) is 10.7 Å². The van der Waals surface area contributed by atoms with Gasteiger partial charge in [-0.25, -0.2) is 0 Å². The summed E-state index contributed by atoms with van der Waals surface area (Å²) < 4.78 is 11.2. The molecule has 0 saturated heterocycles. The Balaban J connectivity index is 1.64. The zero-order chi connectivity index (χ0) is 19.5. The average Bonchev–Trinajstić information content (AvgIpc) is 3.24. The Bertz CT molecular complexity index is 1110. The number of carbonyl (C=O) groups excluding carboxylic acids is 1. The number of ether oxygens (including phenoxy) is 2. The summed E-state index contributed by atoms with van der Waals surface area (Å²) in [6, 6.07) is 16.0. The Hall–Kier alpha value is -3.58. The predicted octanol–water partition coefficient (Wildman–Crippen LogP) is 5.10. The summed E-state index contributed by atoms with van der Waals surface area (Å²) in [6.07, 6.45) is 2.40. The van der Waals surface area contributed by atoms with Crippen molar-refractivity contribution < 1.29 is 19.4 Å². The van der Waals surface area contributed by atoms with Crippen molar-refractivity contribution in [3.8, 4) is 23.0 Å². The number of aromatic nitrogens is 1. The fourth-order valence-corrected chi connectivity index (χ4v) is 3.55. The minimum absolute atomic E-state index is 0.0199. The number of nitrogens with zero attached hydrogens (tertiary/aromatic N) is 2. The van der Waals surface area contributed by atoms with Gasteiger partial charge >= 0.3 is 0 Å². The van der Waals surface area contributed by atoms with Gasteiger partial charge in [0.2, 0.25) is 6.41 Å². The number of carbonyl (C=O) groups is 1. The van der Waals surface area contributed by atoms with Crippen molar-refractivity contribution in [2.75, 3.05) is 12.0 Å². The number of rotatable bonds is 6. The molecule has 2 aromatic carbocycles. The van der Waals surface area contributed by atoms with Gasteiger partial charge in [-0.2, -0.15) is 0 Å². The molecule has 1 N–H and O–H groups in total. The molecular weight excluding hydrogens is 376 g/mol. The summed E-state index contributed by atoms with van der Waals surface area (Å²) in [5.74, 6) is 1.56. The van der Waals surface area contributed by atoms with E-state index >= 15 is 0 Å². The van der Waals surface area contributed by atoms with Crippen LogP contribution < -0.4 is 14.4 Å². The number of aromatic hydroxyl groups is 1. The first-order chi connectivity index (χ1) is 13.7. The third kappa shape index (κ3) is 3.35. The molecule has 0 aliphatic rings. The fourth-order valence-electron chi connectivity index (χ4n) is 2.84. The average molecular weight is 392 g/mol. The normalized spacial score (nSPS) is 10.6. The van der Waals surface area contributed by atoms with E-state index in [2.05, 4.69) is 4.98 Å². The minimum Gasteiger partial charge on any atom is -0.504 e. The Labute approximate surface area is 165 Å². The highest BCUT2D eigenvalue weighted by Crippen LogP contribution is 2.37. The second kappa shape index (κ2) is 7.58. The van der Waals surface area contributed by atoms with Crippen molar-refractivity contribution in [2.24, 2.45) is 0 Å². The number of benzene rings is 2. The number of phenols is 1. The first-order valence-corrected chi connectivity index (χ1v) is 9.29. The van der Waals surface area contributed by atoms with Gasteiger partial charge in [0.25, 0.3) is 0 Å². The molecule has 0 radical (unpaired) electrons. The van der Waals surface area contributed by atoms with Gasteiger partial charge in [0, 0.05) is 23.3 Å². The number of pyridine rings is 1. The van der Waals surface area contributed by atoms with Crippen LogP contribution in [-0.4, -0.2) is 23.6 Å². The fraction of sp³-hybridized carbons (Fsp3) is 0.0476. The lowest BCUT2D eigenvalue weighted by molar-refractivity contribution is -0.106. The molecule has 0 aliphatic carbocycles. The molecule has 2 aromatic heterocycles. The highest BCUT2D eigenvalue weighted by Gasteiger charge is 2.12. The molecule has 7 heteroatoms. The number of hydrogen-bond acceptors (Lipinski definition) is 6. The van der Waals surface area contributed by atoms with Crippen molar-refractivity contribution in [2.45, 2.75) is 0 Å². The molecule has 0 saturated carbocycles. The third-order valence-electron chi connectivity index (χ3n) is 4.19. The molecular formula is C21H16N2O4S. The Morgan fingerprint density at radius 3 is 2.61 bits per heavy atom. The monoisotopic (exact) mass is 392 g/mol. The lowest BCUT2D eigenvalue weighted by atomic mass is 10.2. The SMILES string of the molecule is COc1cc2c(Oc3ccc(N(C=O)c4cccs4)cc3)ccnc2cc1O. The van der Waals surface area contributed by atoms with Gasteiger partial charge in [-0.05, 0) is 53.9 Å².